The summed E-state index contributed by atoms with van der Waals surface area (Å²) in [5, 5.41) is 13.4. The number of nitrogens with zero attached hydrogens (tertiary/aromatic N) is 1. The van der Waals surface area contributed by atoms with Crippen LogP contribution in [0.4, 0.5) is 13.2 Å². The van der Waals surface area contributed by atoms with Gasteiger partial charge in [0.2, 0.25) is 0 Å². The van der Waals surface area contributed by atoms with Gasteiger partial charge in [0, 0.05) is 28.8 Å². The Morgan fingerprint density at radius 3 is 1.63 bits per heavy atom. The number of carbonyl (C=O) groups is 1. The van der Waals surface area contributed by atoms with Crippen molar-refractivity contribution in [3.63, 3.8) is 0 Å². The van der Waals surface area contributed by atoms with Gasteiger partial charge < -0.3 is 5.11 Å². The summed E-state index contributed by atoms with van der Waals surface area (Å²) in [6, 6.07) is 28.4. The topological polar surface area (TPSA) is 104 Å². The van der Waals surface area contributed by atoms with Crippen LogP contribution in [0.5, 0.6) is 0 Å². The summed E-state index contributed by atoms with van der Waals surface area (Å²) in [5.74, 6) is -0.900. The maximum Gasteiger partial charge on any atom is 0.522 e. The van der Waals surface area contributed by atoms with Gasteiger partial charge in [0.25, 0.3) is 0 Å². The van der Waals surface area contributed by atoms with E-state index in [1.54, 1.807) is 6.21 Å². The third-order valence-corrected chi connectivity index (χ3v) is 8.46. The average molecular weight is 618 g/mol. The molecule has 0 amide bonds. The number of benzene rings is 3. The number of aliphatic carboxylic acids is 1. The third kappa shape index (κ3) is 9.64. The summed E-state index contributed by atoms with van der Waals surface area (Å²) in [7, 11) is -7.09. The maximum absolute atomic E-state index is 11.7. The van der Waals surface area contributed by atoms with E-state index >= 15 is 0 Å². The fraction of sp³-hybridized carbons (Fsp3) is 0.231. The SMILES string of the molecule is CC(C)(C)[C@H](N=Cc1ccccc1[PH+](c1ccccc1)c1ccccc1)C(=O)O.O=S(=O)(O)C(F)(F)F.[Cu]. The molecule has 12 heteroatoms. The van der Waals surface area contributed by atoms with Crippen LogP contribution < -0.4 is 15.9 Å². The van der Waals surface area contributed by atoms with Crippen molar-refractivity contribution in [3.8, 4) is 0 Å². The summed E-state index contributed by atoms with van der Waals surface area (Å²) < 4.78 is 57.5. The van der Waals surface area contributed by atoms with Crippen LogP contribution in [0, 0.1) is 5.41 Å². The van der Waals surface area contributed by atoms with Crippen LogP contribution in [0.15, 0.2) is 89.9 Å². The smallest absolute Gasteiger partial charge is 0.480 e. The van der Waals surface area contributed by atoms with Crippen LogP contribution in [0.3, 0.4) is 0 Å². The molecule has 2 N–H and O–H groups in total. The normalized spacial score (nSPS) is 12.8. The average Bonchev–Trinajstić information content (AvgIpc) is 2.80. The number of hydrogen-bond donors (Lipinski definition) is 2. The van der Waals surface area contributed by atoms with Gasteiger partial charge >= 0.3 is 21.6 Å². The molecular formula is C26H28CuF3NO5PS+. The molecular weight excluding hydrogens is 590 g/mol. The summed E-state index contributed by atoms with van der Waals surface area (Å²) in [5.41, 5.74) is -5.01. The van der Waals surface area contributed by atoms with Crippen molar-refractivity contribution < 1.29 is 53.1 Å². The minimum atomic E-state index is -5.84. The molecule has 3 rings (SSSR count). The Balaban J connectivity index is 0.000000699. The zero-order valence-electron chi connectivity index (χ0n) is 20.6. The Morgan fingerprint density at radius 1 is 0.868 bits per heavy atom. The number of carboxylic acid groups (broad SMARTS) is 1. The van der Waals surface area contributed by atoms with Gasteiger partial charge in [-0.15, -0.1) is 0 Å². The number of aliphatic imine (C=N–C) groups is 1. The van der Waals surface area contributed by atoms with E-state index in [2.05, 4.69) is 59.6 Å². The Hall–Kier alpha value is -2.55. The molecule has 3 aromatic carbocycles. The van der Waals surface area contributed by atoms with Crippen LogP contribution >= 0.6 is 7.92 Å². The quantitative estimate of drug-likeness (QED) is 0.140. The molecule has 0 unspecified atom stereocenters. The van der Waals surface area contributed by atoms with Crippen LogP contribution in [-0.4, -0.2) is 41.8 Å². The van der Waals surface area contributed by atoms with Crippen molar-refractivity contribution in [1.82, 2.24) is 0 Å². The number of halogens is 3. The number of carboxylic acids is 1. The van der Waals surface area contributed by atoms with Gasteiger partial charge in [0.05, 0.1) is 7.92 Å². The molecule has 0 heterocycles. The van der Waals surface area contributed by atoms with E-state index in [9.17, 15) is 23.1 Å². The van der Waals surface area contributed by atoms with Crippen molar-refractivity contribution in [2.45, 2.75) is 32.3 Å². The van der Waals surface area contributed by atoms with Gasteiger partial charge in [0.15, 0.2) is 6.04 Å². The molecule has 1 radical (unpaired) electrons. The van der Waals surface area contributed by atoms with E-state index in [0.717, 1.165) is 5.56 Å². The third-order valence-electron chi connectivity index (χ3n) is 5.06. The van der Waals surface area contributed by atoms with E-state index in [0.29, 0.717) is 0 Å². The maximum atomic E-state index is 11.7. The molecule has 209 valence electrons. The molecule has 0 aliphatic rings. The minimum absolute atomic E-state index is 0. The Morgan fingerprint density at radius 2 is 1.26 bits per heavy atom. The minimum Gasteiger partial charge on any atom is -0.480 e. The first-order chi connectivity index (χ1) is 17.1. The van der Waals surface area contributed by atoms with Crippen molar-refractivity contribution >= 4 is 46.1 Å². The molecule has 0 fully saturated rings. The molecule has 0 saturated carbocycles. The molecule has 0 saturated heterocycles. The monoisotopic (exact) mass is 617 g/mol. The van der Waals surface area contributed by atoms with E-state index < -0.39 is 41.0 Å². The molecule has 6 nitrogen and oxygen atoms in total. The predicted molar refractivity (Wildman–Crippen MR) is 143 cm³/mol. The first-order valence-electron chi connectivity index (χ1n) is 11.0. The molecule has 0 aliphatic carbocycles. The molecule has 0 spiro atoms. The van der Waals surface area contributed by atoms with Crippen LogP contribution in [0.25, 0.3) is 0 Å². The molecule has 38 heavy (non-hydrogen) atoms. The molecule has 0 aliphatic heterocycles. The van der Waals surface area contributed by atoms with Crippen molar-refractivity contribution in [3.05, 3.63) is 90.5 Å². The van der Waals surface area contributed by atoms with Gasteiger partial charge in [-0.3, -0.25) is 9.55 Å². The van der Waals surface area contributed by atoms with Crippen LogP contribution in [-0.2, 0) is 32.0 Å². The van der Waals surface area contributed by atoms with E-state index in [1.165, 1.54) is 15.9 Å². The Kier molecular flexibility index (Phi) is 12.3. The first kappa shape index (κ1) is 33.5. The first-order valence-corrected chi connectivity index (χ1v) is 13.9. The Bertz CT molecular complexity index is 1280. The van der Waals surface area contributed by atoms with Crippen molar-refractivity contribution in [2.24, 2.45) is 10.4 Å². The second kappa shape index (κ2) is 14.0. The van der Waals surface area contributed by atoms with Gasteiger partial charge in [0.1, 0.15) is 15.9 Å². The Labute approximate surface area is 232 Å². The molecule has 3 aromatic rings. The van der Waals surface area contributed by atoms with E-state index in [4.69, 9.17) is 13.0 Å². The van der Waals surface area contributed by atoms with E-state index in [1.807, 2.05) is 51.1 Å². The number of rotatable bonds is 6. The number of alkyl halides is 3. The van der Waals surface area contributed by atoms with Gasteiger partial charge in [-0.2, -0.15) is 21.6 Å². The zero-order chi connectivity index (χ0) is 27.9. The largest absolute Gasteiger partial charge is 0.522 e. The summed E-state index contributed by atoms with van der Waals surface area (Å²) >= 11 is 0. The van der Waals surface area contributed by atoms with Gasteiger partial charge in [-0.1, -0.05) is 69.3 Å². The van der Waals surface area contributed by atoms with Gasteiger partial charge in [-0.25, -0.2) is 4.79 Å². The van der Waals surface area contributed by atoms with Crippen molar-refractivity contribution in [1.29, 1.82) is 0 Å². The summed E-state index contributed by atoms with van der Waals surface area (Å²) in [6.07, 6.45) is 1.75. The fourth-order valence-electron chi connectivity index (χ4n) is 3.34. The molecule has 0 bridgehead atoms. The summed E-state index contributed by atoms with van der Waals surface area (Å²) in [4.78, 5) is 16.2. The zero-order valence-corrected chi connectivity index (χ0v) is 23.4. The second-order valence-corrected chi connectivity index (χ2v) is 12.9. The van der Waals surface area contributed by atoms with Gasteiger partial charge in [-0.05, 0) is 41.8 Å². The predicted octanol–water partition coefficient (Wildman–Crippen LogP) is 4.49. The van der Waals surface area contributed by atoms with Crippen LogP contribution in [0.1, 0.15) is 26.3 Å². The molecule has 1 atom stereocenters. The second-order valence-electron chi connectivity index (χ2n) is 9.00. The standard InChI is InChI=1S/C25H26NO2P.CHF3O3S.Cu/c1-25(2,3)23(24(27)28)26-18-19-12-10-11-17-22(19)29(20-13-6-4-7-14-20)21-15-8-5-9-16-21;2-1(3,4)8(5,6)7;/h4-18,23H,1-3H3,(H,27,28);(H,5,6,7);/p+1/t23-;;/m1../s1. The van der Waals surface area contributed by atoms with Crippen molar-refractivity contribution in [2.75, 3.05) is 0 Å². The number of hydrogen-bond acceptors (Lipinski definition) is 4. The molecule has 0 aromatic heterocycles. The fourth-order valence-corrected chi connectivity index (χ4v) is 6.04. The van der Waals surface area contributed by atoms with E-state index in [-0.39, 0.29) is 17.1 Å². The summed E-state index contributed by atoms with van der Waals surface area (Å²) in [6.45, 7) is 5.70. The van der Waals surface area contributed by atoms with Crippen LogP contribution in [0.2, 0.25) is 0 Å².